The molecule has 0 saturated carbocycles. The van der Waals surface area contributed by atoms with Gasteiger partial charge >= 0.3 is 0 Å². The van der Waals surface area contributed by atoms with Gasteiger partial charge in [-0.25, -0.2) is 0 Å². The van der Waals surface area contributed by atoms with Gasteiger partial charge in [-0.15, -0.1) is 0 Å². The molecule has 2 N–H and O–H groups in total. The Morgan fingerprint density at radius 2 is 1.00 bits per heavy atom. The van der Waals surface area contributed by atoms with E-state index in [0.29, 0.717) is 12.8 Å². The fraction of sp³-hybridized carbons (Fsp3) is 1.00. The minimum Gasteiger partial charge on any atom is -0.393 e. The summed E-state index contributed by atoms with van der Waals surface area (Å²) in [5.41, 5.74) is 0. The van der Waals surface area contributed by atoms with Gasteiger partial charge in [0.1, 0.15) is 0 Å². The monoisotopic (exact) mass is 378 g/mol. The highest BCUT2D eigenvalue weighted by atomic mass is 32.2. The van der Waals surface area contributed by atoms with Gasteiger partial charge in [0.2, 0.25) is 0 Å². The van der Waals surface area contributed by atoms with E-state index in [1.165, 1.54) is 64.2 Å². The largest absolute Gasteiger partial charge is 0.393 e. The van der Waals surface area contributed by atoms with E-state index in [1.54, 1.807) is 0 Å². The standard InChI is InChI=1S/C20H42O4S/c1-3-20(25(22,23)24)18-16-14-12-10-8-6-4-5-7-9-11-13-15-17-19(2)21/h19-21H,3-18H2,1-2H3,(H,22,23,24). The van der Waals surface area contributed by atoms with E-state index in [1.807, 2.05) is 13.8 Å². The third kappa shape index (κ3) is 17.1. The summed E-state index contributed by atoms with van der Waals surface area (Å²) in [6.07, 6.45) is 17.9. The van der Waals surface area contributed by atoms with E-state index < -0.39 is 15.4 Å². The van der Waals surface area contributed by atoms with Crippen molar-refractivity contribution in [2.75, 3.05) is 0 Å². The van der Waals surface area contributed by atoms with Gasteiger partial charge in [0.05, 0.1) is 11.4 Å². The van der Waals surface area contributed by atoms with Gasteiger partial charge < -0.3 is 5.11 Å². The van der Waals surface area contributed by atoms with Gasteiger partial charge in [-0.05, 0) is 26.2 Å². The molecule has 25 heavy (non-hydrogen) atoms. The molecule has 0 aliphatic heterocycles. The van der Waals surface area contributed by atoms with E-state index >= 15 is 0 Å². The van der Waals surface area contributed by atoms with Crippen LogP contribution in [-0.2, 0) is 10.1 Å². The van der Waals surface area contributed by atoms with Crippen molar-refractivity contribution >= 4 is 10.1 Å². The highest BCUT2D eigenvalue weighted by Crippen LogP contribution is 2.16. The normalized spacial score (nSPS) is 14.6. The minimum absolute atomic E-state index is 0.143. The second-order valence-corrected chi connectivity index (χ2v) is 9.26. The molecule has 2 atom stereocenters. The Hall–Kier alpha value is -0.130. The molecule has 0 rings (SSSR count). The fourth-order valence-electron chi connectivity index (χ4n) is 3.32. The number of unbranched alkanes of at least 4 members (excludes halogenated alkanes) is 12. The smallest absolute Gasteiger partial charge is 0.267 e. The molecule has 0 heterocycles. The van der Waals surface area contributed by atoms with Gasteiger partial charge in [0.25, 0.3) is 10.1 Å². The SMILES string of the molecule is CCC(CCCCCCCCCCCCCCCC(C)O)S(=O)(=O)O. The molecule has 0 aromatic rings. The van der Waals surface area contributed by atoms with Crippen LogP contribution in [0, 0.1) is 0 Å². The first kappa shape index (κ1) is 24.9. The summed E-state index contributed by atoms with van der Waals surface area (Å²) in [6, 6.07) is 0. The molecule has 0 aromatic carbocycles. The third-order valence-corrected chi connectivity index (χ3v) is 6.44. The lowest BCUT2D eigenvalue weighted by molar-refractivity contribution is 0.180. The maximum absolute atomic E-state index is 11.1. The average Bonchev–Trinajstić information content (AvgIpc) is 2.53. The van der Waals surface area contributed by atoms with Crippen LogP contribution in [0.4, 0.5) is 0 Å². The molecule has 0 radical (unpaired) electrons. The average molecular weight is 379 g/mol. The topological polar surface area (TPSA) is 74.6 Å². The fourth-order valence-corrected chi connectivity index (χ4v) is 4.21. The number of hydrogen-bond donors (Lipinski definition) is 2. The van der Waals surface area contributed by atoms with Crippen LogP contribution in [-0.4, -0.2) is 29.4 Å². The number of rotatable bonds is 18. The van der Waals surface area contributed by atoms with Gasteiger partial charge in [-0.3, -0.25) is 4.55 Å². The Kier molecular flexibility index (Phi) is 16.0. The van der Waals surface area contributed by atoms with Crippen LogP contribution in [0.3, 0.4) is 0 Å². The van der Waals surface area contributed by atoms with Crippen molar-refractivity contribution in [1.82, 2.24) is 0 Å². The number of aliphatic hydroxyl groups is 1. The highest BCUT2D eigenvalue weighted by molar-refractivity contribution is 7.86. The lowest BCUT2D eigenvalue weighted by atomic mass is 10.0. The Morgan fingerprint density at radius 1 is 0.680 bits per heavy atom. The summed E-state index contributed by atoms with van der Waals surface area (Å²) < 4.78 is 31.3. The Labute approximate surface area is 156 Å². The Balaban J connectivity index is 3.24. The first-order valence-electron chi connectivity index (χ1n) is 10.5. The highest BCUT2D eigenvalue weighted by Gasteiger charge is 2.19. The van der Waals surface area contributed by atoms with E-state index in [-0.39, 0.29) is 6.10 Å². The van der Waals surface area contributed by atoms with Gasteiger partial charge in [0.15, 0.2) is 0 Å². The predicted molar refractivity (Wildman–Crippen MR) is 107 cm³/mol. The molecule has 5 heteroatoms. The predicted octanol–water partition coefficient (Wildman–Crippen LogP) is 5.89. The zero-order valence-electron chi connectivity index (χ0n) is 16.6. The summed E-state index contributed by atoms with van der Waals surface area (Å²) in [7, 11) is -3.85. The number of aliphatic hydroxyl groups excluding tert-OH is 1. The van der Waals surface area contributed by atoms with Crippen molar-refractivity contribution in [2.45, 2.75) is 128 Å². The lowest BCUT2D eigenvalue weighted by Crippen LogP contribution is -2.19. The Bertz CT molecular complexity index is 379. The molecule has 0 aliphatic carbocycles. The second kappa shape index (κ2) is 16.1. The van der Waals surface area contributed by atoms with Gasteiger partial charge in [-0.1, -0.05) is 90.4 Å². The van der Waals surface area contributed by atoms with Crippen molar-refractivity contribution in [2.24, 2.45) is 0 Å². The van der Waals surface area contributed by atoms with Crippen molar-refractivity contribution in [3.63, 3.8) is 0 Å². The first-order valence-corrected chi connectivity index (χ1v) is 12.0. The summed E-state index contributed by atoms with van der Waals surface area (Å²) in [6.45, 7) is 3.68. The maximum Gasteiger partial charge on any atom is 0.267 e. The quantitative estimate of drug-likeness (QED) is 0.230. The molecule has 152 valence electrons. The Morgan fingerprint density at radius 3 is 1.28 bits per heavy atom. The van der Waals surface area contributed by atoms with Gasteiger partial charge in [-0.2, -0.15) is 8.42 Å². The summed E-state index contributed by atoms with van der Waals surface area (Å²) in [5.74, 6) is 0. The van der Waals surface area contributed by atoms with Crippen LogP contribution in [0.15, 0.2) is 0 Å². The minimum atomic E-state index is -3.85. The number of hydrogen-bond acceptors (Lipinski definition) is 3. The molecule has 2 unspecified atom stereocenters. The lowest BCUT2D eigenvalue weighted by Gasteiger charge is -2.10. The molecule has 0 amide bonds. The van der Waals surface area contributed by atoms with E-state index in [4.69, 9.17) is 4.55 Å². The summed E-state index contributed by atoms with van der Waals surface area (Å²) in [5, 5.41) is 8.61. The molecule has 0 saturated heterocycles. The van der Waals surface area contributed by atoms with Crippen molar-refractivity contribution < 1.29 is 18.1 Å². The van der Waals surface area contributed by atoms with Crippen LogP contribution in [0.5, 0.6) is 0 Å². The van der Waals surface area contributed by atoms with Crippen molar-refractivity contribution in [3.8, 4) is 0 Å². The van der Waals surface area contributed by atoms with Crippen LogP contribution < -0.4 is 0 Å². The first-order chi connectivity index (χ1) is 11.9. The molecule has 0 aromatic heterocycles. The van der Waals surface area contributed by atoms with Crippen LogP contribution in [0.2, 0.25) is 0 Å². The van der Waals surface area contributed by atoms with Crippen LogP contribution in [0.1, 0.15) is 117 Å². The molecule has 0 bridgehead atoms. The van der Waals surface area contributed by atoms with Gasteiger partial charge in [0, 0.05) is 0 Å². The van der Waals surface area contributed by atoms with Crippen LogP contribution in [0.25, 0.3) is 0 Å². The van der Waals surface area contributed by atoms with Crippen LogP contribution >= 0.6 is 0 Å². The maximum atomic E-state index is 11.1. The van der Waals surface area contributed by atoms with Crippen molar-refractivity contribution in [1.29, 1.82) is 0 Å². The summed E-state index contributed by atoms with van der Waals surface area (Å²) in [4.78, 5) is 0. The molecule has 0 aliphatic rings. The summed E-state index contributed by atoms with van der Waals surface area (Å²) >= 11 is 0. The van der Waals surface area contributed by atoms with Crippen molar-refractivity contribution in [3.05, 3.63) is 0 Å². The molecule has 4 nitrogen and oxygen atoms in total. The second-order valence-electron chi connectivity index (χ2n) is 7.57. The zero-order valence-corrected chi connectivity index (χ0v) is 17.4. The van der Waals surface area contributed by atoms with E-state index in [0.717, 1.165) is 25.7 Å². The zero-order chi connectivity index (χ0) is 19.0. The third-order valence-electron chi connectivity index (χ3n) is 5.02. The molecular weight excluding hydrogens is 336 g/mol. The molecular formula is C20H42O4S. The van der Waals surface area contributed by atoms with E-state index in [2.05, 4.69) is 0 Å². The molecule has 0 fully saturated rings. The van der Waals surface area contributed by atoms with E-state index in [9.17, 15) is 13.5 Å². The molecule has 0 spiro atoms.